The Kier molecular flexibility index (Phi) is 5.48. The van der Waals surface area contributed by atoms with Gasteiger partial charge in [0.15, 0.2) is 0 Å². The van der Waals surface area contributed by atoms with Crippen LogP contribution in [0.5, 0.6) is 0 Å². The van der Waals surface area contributed by atoms with E-state index in [-0.39, 0.29) is 30.3 Å². The number of carbonyl (C=O) groups is 1. The monoisotopic (exact) mass is 310 g/mol. The molecule has 1 aromatic rings. The maximum absolute atomic E-state index is 12.2. The van der Waals surface area contributed by atoms with E-state index >= 15 is 0 Å². The van der Waals surface area contributed by atoms with Crippen molar-refractivity contribution in [3.63, 3.8) is 0 Å². The lowest BCUT2D eigenvalue weighted by atomic mass is 9.86. The normalized spacial score (nSPS) is 23.7. The molecule has 0 saturated heterocycles. The number of carbonyl (C=O) groups excluding carboxylic acids is 1. The minimum absolute atomic E-state index is 0. The summed E-state index contributed by atoms with van der Waals surface area (Å²) in [7, 11) is 0. The lowest BCUT2D eigenvalue weighted by Crippen LogP contribution is -2.36. The van der Waals surface area contributed by atoms with Crippen LogP contribution in [0, 0.1) is 5.92 Å². The molecule has 1 aliphatic heterocycles. The Morgan fingerprint density at radius 1 is 1.33 bits per heavy atom. The SMILES string of the molecule is Cl.O=C(NCC1CCCCC1O)c1ccc2c(c1)CCN2. The second-order valence-electron chi connectivity index (χ2n) is 5.87. The highest BCUT2D eigenvalue weighted by atomic mass is 35.5. The third-order valence-electron chi connectivity index (χ3n) is 4.47. The minimum atomic E-state index is -0.256. The maximum atomic E-state index is 12.2. The molecule has 3 rings (SSSR count). The summed E-state index contributed by atoms with van der Waals surface area (Å²) in [6.45, 7) is 1.53. The molecule has 1 aliphatic carbocycles. The Balaban J connectivity index is 0.00000161. The van der Waals surface area contributed by atoms with Crippen molar-refractivity contribution >= 4 is 24.0 Å². The van der Waals surface area contributed by atoms with Gasteiger partial charge < -0.3 is 15.7 Å². The highest BCUT2D eigenvalue weighted by Gasteiger charge is 2.23. The molecule has 0 bridgehead atoms. The molecule has 2 aliphatic rings. The van der Waals surface area contributed by atoms with Crippen LogP contribution in [0.2, 0.25) is 0 Å². The lowest BCUT2D eigenvalue weighted by molar-refractivity contribution is 0.0663. The van der Waals surface area contributed by atoms with Crippen LogP contribution in [-0.4, -0.2) is 30.2 Å². The van der Waals surface area contributed by atoms with Gasteiger partial charge in [-0.3, -0.25) is 4.79 Å². The quantitative estimate of drug-likeness (QED) is 0.803. The third-order valence-corrected chi connectivity index (χ3v) is 4.47. The first-order valence-corrected chi connectivity index (χ1v) is 7.57. The first kappa shape index (κ1) is 16.1. The van der Waals surface area contributed by atoms with Crippen LogP contribution < -0.4 is 10.6 Å². The Morgan fingerprint density at radius 3 is 2.95 bits per heavy atom. The molecule has 1 amide bonds. The average Bonchev–Trinajstić information content (AvgIpc) is 2.93. The van der Waals surface area contributed by atoms with Crippen LogP contribution in [0.25, 0.3) is 0 Å². The number of benzene rings is 1. The summed E-state index contributed by atoms with van der Waals surface area (Å²) in [6, 6.07) is 5.82. The predicted molar refractivity (Wildman–Crippen MR) is 86.2 cm³/mol. The van der Waals surface area contributed by atoms with Crippen molar-refractivity contribution in [3.05, 3.63) is 29.3 Å². The average molecular weight is 311 g/mol. The van der Waals surface area contributed by atoms with Gasteiger partial charge in [-0.2, -0.15) is 0 Å². The van der Waals surface area contributed by atoms with Gasteiger partial charge in [-0.05, 0) is 43.0 Å². The van der Waals surface area contributed by atoms with Crippen LogP contribution in [0.3, 0.4) is 0 Å². The van der Waals surface area contributed by atoms with Crippen molar-refractivity contribution in [2.24, 2.45) is 5.92 Å². The molecule has 3 N–H and O–H groups in total. The van der Waals surface area contributed by atoms with E-state index in [4.69, 9.17) is 0 Å². The molecular formula is C16H23ClN2O2. The molecule has 5 heteroatoms. The van der Waals surface area contributed by atoms with E-state index in [1.807, 2.05) is 18.2 Å². The summed E-state index contributed by atoms with van der Waals surface area (Å²) in [5.74, 6) is 0.182. The van der Waals surface area contributed by atoms with Gasteiger partial charge in [0.1, 0.15) is 0 Å². The summed E-state index contributed by atoms with van der Waals surface area (Å²) in [5.41, 5.74) is 3.08. The zero-order chi connectivity index (χ0) is 13.9. The molecule has 0 aromatic heterocycles. The highest BCUT2D eigenvalue weighted by molar-refractivity contribution is 5.95. The molecule has 2 unspecified atom stereocenters. The summed E-state index contributed by atoms with van der Waals surface area (Å²) < 4.78 is 0. The second-order valence-corrected chi connectivity index (χ2v) is 5.87. The summed E-state index contributed by atoms with van der Waals surface area (Å²) >= 11 is 0. The van der Waals surface area contributed by atoms with E-state index in [0.717, 1.165) is 49.9 Å². The summed E-state index contributed by atoms with van der Waals surface area (Å²) in [4.78, 5) is 12.2. The van der Waals surface area contributed by atoms with Gasteiger partial charge in [-0.1, -0.05) is 12.8 Å². The van der Waals surface area contributed by atoms with Gasteiger partial charge in [0, 0.05) is 30.3 Å². The fourth-order valence-corrected chi connectivity index (χ4v) is 3.20. The largest absolute Gasteiger partial charge is 0.393 e. The topological polar surface area (TPSA) is 61.4 Å². The van der Waals surface area contributed by atoms with Crippen LogP contribution in [-0.2, 0) is 6.42 Å². The number of hydrogen-bond acceptors (Lipinski definition) is 3. The fraction of sp³-hybridized carbons (Fsp3) is 0.562. The molecule has 1 heterocycles. The number of aliphatic hydroxyl groups excluding tert-OH is 1. The second kappa shape index (κ2) is 7.14. The Hall–Kier alpha value is -1.26. The molecule has 1 aromatic carbocycles. The Morgan fingerprint density at radius 2 is 2.14 bits per heavy atom. The number of aliphatic hydroxyl groups is 1. The van der Waals surface area contributed by atoms with Gasteiger partial charge in [0.2, 0.25) is 0 Å². The molecule has 0 radical (unpaired) electrons. The zero-order valence-electron chi connectivity index (χ0n) is 12.1. The summed E-state index contributed by atoms with van der Waals surface area (Å²) in [5, 5.41) is 16.2. The number of halogens is 1. The number of amides is 1. The van der Waals surface area contributed by atoms with Crippen LogP contribution >= 0.6 is 12.4 Å². The van der Waals surface area contributed by atoms with Gasteiger partial charge in [-0.15, -0.1) is 12.4 Å². The third kappa shape index (κ3) is 3.69. The van der Waals surface area contributed by atoms with Crippen LogP contribution in [0.1, 0.15) is 41.6 Å². The fourth-order valence-electron chi connectivity index (χ4n) is 3.20. The zero-order valence-corrected chi connectivity index (χ0v) is 12.9. The van der Waals surface area contributed by atoms with E-state index in [9.17, 15) is 9.90 Å². The van der Waals surface area contributed by atoms with Gasteiger partial charge in [-0.25, -0.2) is 0 Å². The lowest BCUT2D eigenvalue weighted by Gasteiger charge is -2.27. The number of nitrogens with one attached hydrogen (secondary N) is 2. The van der Waals surface area contributed by atoms with Crippen LogP contribution in [0.4, 0.5) is 5.69 Å². The van der Waals surface area contributed by atoms with Gasteiger partial charge >= 0.3 is 0 Å². The molecule has 0 spiro atoms. The smallest absolute Gasteiger partial charge is 0.251 e. The van der Waals surface area contributed by atoms with Crippen molar-refractivity contribution in [1.29, 1.82) is 0 Å². The molecular weight excluding hydrogens is 288 g/mol. The van der Waals surface area contributed by atoms with Gasteiger partial charge in [0.25, 0.3) is 5.91 Å². The van der Waals surface area contributed by atoms with E-state index < -0.39 is 0 Å². The maximum Gasteiger partial charge on any atom is 0.251 e. The standard InChI is InChI=1S/C16H22N2O2.ClH/c19-15-4-2-1-3-13(15)10-18-16(20)12-5-6-14-11(9-12)7-8-17-14;/h5-6,9,13,15,17,19H,1-4,7-8,10H2,(H,18,20);1H. The van der Waals surface area contributed by atoms with Crippen LogP contribution in [0.15, 0.2) is 18.2 Å². The van der Waals surface area contributed by atoms with E-state index in [2.05, 4.69) is 10.6 Å². The van der Waals surface area contributed by atoms with Crippen molar-refractivity contribution in [2.75, 3.05) is 18.4 Å². The van der Waals surface area contributed by atoms with Gasteiger partial charge in [0.05, 0.1) is 6.10 Å². The molecule has 1 saturated carbocycles. The minimum Gasteiger partial charge on any atom is -0.393 e. The number of anilines is 1. The summed E-state index contributed by atoms with van der Waals surface area (Å²) in [6.07, 6.45) is 4.86. The molecule has 21 heavy (non-hydrogen) atoms. The first-order valence-electron chi connectivity index (χ1n) is 7.57. The van der Waals surface area contributed by atoms with Crippen molar-refractivity contribution in [3.8, 4) is 0 Å². The molecule has 116 valence electrons. The van der Waals surface area contributed by atoms with E-state index in [0.29, 0.717) is 6.54 Å². The van der Waals surface area contributed by atoms with Crippen molar-refractivity contribution in [1.82, 2.24) is 5.32 Å². The molecule has 4 nitrogen and oxygen atoms in total. The van der Waals surface area contributed by atoms with E-state index in [1.54, 1.807) is 0 Å². The predicted octanol–water partition coefficient (Wildman–Crippen LogP) is 2.36. The Labute approximate surface area is 131 Å². The first-order chi connectivity index (χ1) is 9.74. The number of hydrogen-bond donors (Lipinski definition) is 3. The van der Waals surface area contributed by atoms with Crippen molar-refractivity contribution < 1.29 is 9.90 Å². The highest BCUT2D eigenvalue weighted by Crippen LogP contribution is 2.25. The molecule has 1 fully saturated rings. The molecule has 2 atom stereocenters. The van der Waals surface area contributed by atoms with Crippen molar-refractivity contribution in [2.45, 2.75) is 38.2 Å². The van der Waals surface area contributed by atoms with E-state index in [1.165, 1.54) is 5.56 Å². The Bertz CT molecular complexity index is 507. The number of fused-ring (bicyclic) bond motifs is 1. The number of rotatable bonds is 3.